The van der Waals surface area contributed by atoms with Crippen LogP contribution in [0, 0.1) is 0 Å². The molecule has 0 unspecified atom stereocenters. The summed E-state index contributed by atoms with van der Waals surface area (Å²) in [5, 5.41) is 0. The number of piperidine rings is 1. The van der Waals surface area contributed by atoms with E-state index >= 15 is 0 Å². The van der Waals surface area contributed by atoms with E-state index in [0.29, 0.717) is 6.04 Å². The molecule has 2 aliphatic rings. The van der Waals surface area contributed by atoms with Crippen LogP contribution in [0.3, 0.4) is 0 Å². The number of aromatic nitrogens is 1. The minimum atomic E-state index is 0.704. The molecule has 1 aromatic heterocycles. The number of hydrogen-bond donors (Lipinski definition) is 0. The first kappa shape index (κ1) is 14.0. The Kier molecular flexibility index (Phi) is 5.01. The molecule has 1 aromatic rings. The van der Waals surface area contributed by atoms with Gasteiger partial charge >= 0.3 is 0 Å². The number of rotatable bonds is 4. The van der Waals surface area contributed by atoms with E-state index in [-0.39, 0.29) is 0 Å². The molecule has 0 saturated carbocycles. The lowest BCUT2D eigenvalue weighted by molar-refractivity contribution is 0.0153. The SMILES string of the molecule is c1cc(CN2CCCC[C@@H]2CN2CCOCC2)ccn1. The van der Waals surface area contributed by atoms with E-state index < -0.39 is 0 Å². The van der Waals surface area contributed by atoms with Gasteiger partial charge in [0.05, 0.1) is 13.2 Å². The molecule has 2 aliphatic heterocycles. The molecule has 0 aromatic carbocycles. The van der Waals surface area contributed by atoms with Crippen molar-refractivity contribution in [1.82, 2.24) is 14.8 Å². The molecule has 2 fully saturated rings. The quantitative estimate of drug-likeness (QED) is 0.837. The van der Waals surface area contributed by atoms with Crippen LogP contribution in [-0.2, 0) is 11.3 Å². The second-order valence-corrected chi connectivity index (χ2v) is 5.89. The zero-order valence-corrected chi connectivity index (χ0v) is 12.2. The van der Waals surface area contributed by atoms with E-state index in [2.05, 4.69) is 26.9 Å². The Morgan fingerprint density at radius 2 is 1.90 bits per heavy atom. The van der Waals surface area contributed by atoms with Crippen molar-refractivity contribution in [2.45, 2.75) is 31.8 Å². The van der Waals surface area contributed by atoms with Gasteiger partial charge in [0, 0.05) is 44.6 Å². The number of likely N-dealkylation sites (tertiary alicyclic amines) is 1. The average Bonchev–Trinajstić information content (AvgIpc) is 2.51. The normalized spacial score (nSPS) is 25.7. The fraction of sp³-hybridized carbons (Fsp3) is 0.688. The van der Waals surface area contributed by atoms with Crippen molar-refractivity contribution in [3.8, 4) is 0 Å². The van der Waals surface area contributed by atoms with E-state index in [1.807, 2.05) is 12.4 Å². The van der Waals surface area contributed by atoms with Crippen molar-refractivity contribution in [2.75, 3.05) is 39.4 Å². The summed E-state index contributed by atoms with van der Waals surface area (Å²) in [6, 6.07) is 4.98. The van der Waals surface area contributed by atoms with Crippen LogP contribution in [-0.4, -0.2) is 60.2 Å². The molecule has 3 rings (SSSR count). The Balaban J connectivity index is 1.58. The van der Waals surface area contributed by atoms with Crippen molar-refractivity contribution in [3.63, 3.8) is 0 Å². The van der Waals surface area contributed by atoms with Gasteiger partial charge in [-0.1, -0.05) is 6.42 Å². The summed E-state index contributed by atoms with van der Waals surface area (Å²) in [5.41, 5.74) is 1.38. The first-order valence-electron chi connectivity index (χ1n) is 7.85. The largest absolute Gasteiger partial charge is 0.379 e. The highest BCUT2D eigenvalue weighted by atomic mass is 16.5. The summed E-state index contributed by atoms with van der Waals surface area (Å²) in [6.07, 6.45) is 7.85. The molecule has 0 spiro atoms. The zero-order valence-electron chi connectivity index (χ0n) is 12.2. The number of ether oxygens (including phenoxy) is 1. The lowest BCUT2D eigenvalue weighted by Crippen LogP contribution is -2.49. The number of morpholine rings is 1. The van der Waals surface area contributed by atoms with Crippen LogP contribution in [0.5, 0.6) is 0 Å². The molecule has 110 valence electrons. The standard InChI is InChI=1S/C16H25N3O/c1-2-8-19(13-15-4-6-17-7-5-15)16(3-1)14-18-9-11-20-12-10-18/h4-7,16H,1-3,8-14H2/t16-/m1/s1. The van der Waals surface area contributed by atoms with Gasteiger partial charge in [-0.15, -0.1) is 0 Å². The topological polar surface area (TPSA) is 28.6 Å². The summed E-state index contributed by atoms with van der Waals surface area (Å²) in [4.78, 5) is 9.34. The first-order chi connectivity index (χ1) is 9.92. The Labute approximate surface area is 121 Å². The summed E-state index contributed by atoms with van der Waals surface area (Å²) >= 11 is 0. The zero-order chi connectivity index (χ0) is 13.6. The lowest BCUT2D eigenvalue weighted by Gasteiger charge is -2.39. The van der Waals surface area contributed by atoms with E-state index in [1.165, 1.54) is 37.9 Å². The van der Waals surface area contributed by atoms with Gasteiger partial charge in [0.1, 0.15) is 0 Å². The smallest absolute Gasteiger partial charge is 0.0594 e. The van der Waals surface area contributed by atoms with Gasteiger partial charge in [-0.2, -0.15) is 0 Å². The maximum absolute atomic E-state index is 5.45. The van der Waals surface area contributed by atoms with Gasteiger partial charge in [0.2, 0.25) is 0 Å². The first-order valence-corrected chi connectivity index (χ1v) is 7.85. The Hall–Kier alpha value is -0.970. The Bertz CT molecular complexity index is 392. The molecular weight excluding hydrogens is 250 g/mol. The highest BCUT2D eigenvalue weighted by molar-refractivity contribution is 5.09. The van der Waals surface area contributed by atoms with Gasteiger partial charge in [0.15, 0.2) is 0 Å². The summed E-state index contributed by atoms with van der Waals surface area (Å²) in [7, 11) is 0. The van der Waals surface area contributed by atoms with Crippen LogP contribution in [0.25, 0.3) is 0 Å². The number of pyridine rings is 1. The lowest BCUT2D eigenvalue weighted by atomic mass is 10.0. The molecule has 20 heavy (non-hydrogen) atoms. The monoisotopic (exact) mass is 275 g/mol. The van der Waals surface area contributed by atoms with Gasteiger partial charge in [-0.3, -0.25) is 14.8 Å². The average molecular weight is 275 g/mol. The Morgan fingerprint density at radius 3 is 2.70 bits per heavy atom. The molecule has 3 heterocycles. The van der Waals surface area contributed by atoms with Crippen LogP contribution in [0.4, 0.5) is 0 Å². The van der Waals surface area contributed by atoms with Gasteiger partial charge < -0.3 is 4.74 Å². The van der Waals surface area contributed by atoms with Crippen molar-refractivity contribution in [1.29, 1.82) is 0 Å². The second kappa shape index (κ2) is 7.16. The van der Waals surface area contributed by atoms with Gasteiger partial charge in [-0.05, 0) is 37.1 Å². The van der Waals surface area contributed by atoms with Crippen LogP contribution in [0.1, 0.15) is 24.8 Å². The van der Waals surface area contributed by atoms with E-state index in [9.17, 15) is 0 Å². The molecule has 0 radical (unpaired) electrons. The van der Waals surface area contributed by atoms with Crippen molar-refractivity contribution < 1.29 is 4.74 Å². The maximum Gasteiger partial charge on any atom is 0.0594 e. The minimum absolute atomic E-state index is 0.704. The molecule has 2 saturated heterocycles. The second-order valence-electron chi connectivity index (χ2n) is 5.89. The maximum atomic E-state index is 5.45. The van der Waals surface area contributed by atoms with Gasteiger partial charge in [-0.25, -0.2) is 0 Å². The van der Waals surface area contributed by atoms with E-state index in [4.69, 9.17) is 4.74 Å². The molecule has 4 nitrogen and oxygen atoms in total. The molecule has 4 heteroatoms. The predicted molar refractivity (Wildman–Crippen MR) is 79.5 cm³/mol. The Morgan fingerprint density at radius 1 is 1.10 bits per heavy atom. The fourth-order valence-corrected chi connectivity index (χ4v) is 3.28. The van der Waals surface area contributed by atoms with Crippen LogP contribution in [0.2, 0.25) is 0 Å². The van der Waals surface area contributed by atoms with Crippen LogP contribution >= 0.6 is 0 Å². The highest BCUT2D eigenvalue weighted by Crippen LogP contribution is 2.20. The third-order valence-electron chi connectivity index (χ3n) is 4.46. The van der Waals surface area contributed by atoms with Crippen molar-refractivity contribution in [3.05, 3.63) is 30.1 Å². The molecule has 0 N–H and O–H groups in total. The summed E-state index contributed by atoms with van der Waals surface area (Å²) < 4.78 is 5.45. The molecule has 0 bridgehead atoms. The minimum Gasteiger partial charge on any atom is -0.379 e. The van der Waals surface area contributed by atoms with Crippen molar-refractivity contribution >= 4 is 0 Å². The molecular formula is C16H25N3O. The number of nitrogens with zero attached hydrogens (tertiary/aromatic N) is 3. The van der Waals surface area contributed by atoms with Crippen LogP contribution in [0.15, 0.2) is 24.5 Å². The summed E-state index contributed by atoms with van der Waals surface area (Å²) in [6.45, 7) is 7.50. The van der Waals surface area contributed by atoms with Gasteiger partial charge in [0.25, 0.3) is 0 Å². The third-order valence-corrected chi connectivity index (χ3v) is 4.46. The third kappa shape index (κ3) is 3.78. The summed E-state index contributed by atoms with van der Waals surface area (Å²) in [5.74, 6) is 0. The molecule has 1 atom stereocenters. The van der Waals surface area contributed by atoms with Crippen molar-refractivity contribution in [2.24, 2.45) is 0 Å². The predicted octanol–water partition coefficient (Wildman–Crippen LogP) is 1.77. The molecule has 0 aliphatic carbocycles. The molecule has 0 amide bonds. The fourth-order valence-electron chi connectivity index (χ4n) is 3.28. The van der Waals surface area contributed by atoms with E-state index in [0.717, 1.165) is 32.8 Å². The number of hydrogen-bond acceptors (Lipinski definition) is 4. The highest BCUT2D eigenvalue weighted by Gasteiger charge is 2.25. The van der Waals surface area contributed by atoms with Crippen LogP contribution < -0.4 is 0 Å². The van der Waals surface area contributed by atoms with E-state index in [1.54, 1.807) is 0 Å².